The molecule has 0 aromatic heterocycles. The fraction of sp³-hybridized carbons (Fsp3) is 1.00. The molecule has 19 heavy (non-hydrogen) atoms. The van der Waals surface area contributed by atoms with Gasteiger partial charge in [-0.2, -0.15) is 0 Å². The summed E-state index contributed by atoms with van der Waals surface area (Å²) in [4.78, 5) is 0. The van der Waals surface area contributed by atoms with Crippen molar-refractivity contribution in [1.82, 2.24) is 0 Å². The lowest BCUT2D eigenvalue weighted by Crippen LogP contribution is -2.29. The first-order valence-corrected chi connectivity index (χ1v) is 8.05. The standard InChI is InChI=1S/C8H20N2.C7H18N2/c1-2-3-4-5-6-7-8(9)10;1-2-3-4-5-7(9)6-8/h8H,2-7,9-10H2,1H3;7H,2-6,8-9H2,1H3. The normalized spacial score (nSPS) is 12.2. The summed E-state index contributed by atoms with van der Waals surface area (Å²) >= 11 is 0. The fourth-order valence-electron chi connectivity index (χ4n) is 1.76. The Hall–Kier alpha value is -0.160. The number of hydrogen-bond acceptors (Lipinski definition) is 4. The molecule has 1 atom stereocenters. The third-order valence-corrected chi connectivity index (χ3v) is 3.12. The zero-order valence-corrected chi connectivity index (χ0v) is 13.2. The molecule has 4 heteroatoms. The zero-order chi connectivity index (χ0) is 14.9. The highest BCUT2D eigenvalue weighted by atomic mass is 14.8. The van der Waals surface area contributed by atoms with E-state index in [0.29, 0.717) is 6.54 Å². The highest BCUT2D eigenvalue weighted by Gasteiger charge is 1.96. The van der Waals surface area contributed by atoms with Gasteiger partial charge in [0.15, 0.2) is 0 Å². The molecule has 0 saturated heterocycles. The van der Waals surface area contributed by atoms with Crippen LogP contribution in [0.5, 0.6) is 0 Å². The van der Waals surface area contributed by atoms with E-state index in [-0.39, 0.29) is 12.2 Å². The predicted molar refractivity (Wildman–Crippen MR) is 86.7 cm³/mol. The smallest absolute Gasteiger partial charge is 0.0520 e. The van der Waals surface area contributed by atoms with Crippen LogP contribution < -0.4 is 22.9 Å². The minimum absolute atomic E-state index is 0.0957. The molecule has 8 N–H and O–H groups in total. The van der Waals surface area contributed by atoms with Gasteiger partial charge in [0.2, 0.25) is 0 Å². The van der Waals surface area contributed by atoms with Crippen LogP contribution in [-0.2, 0) is 0 Å². The summed E-state index contributed by atoms with van der Waals surface area (Å²) in [6.07, 6.45) is 12.2. The summed E-state index contributed by atoms with van der Waals surface area (Å²) in [6.45, 7) is 5.03. The summed E-state index contributed by atoms with van der Waals surface area (Å²) in [6, 6.07) is 0.233. The van der Waals surface area contributed by atoms with Crippen molar-refractivity contribution in [1.29, 1.82) is 0 Å². The largest absolute Gasteiger partial charge is 0.329 e. The highest BCUT2D eigenvalue weighted by Crippen LogP contribution is 2.04. The van der Waals surface area contributed by atoms with E-state index >= 15 is 0 Å². The number of unbranched alkanes of at least 4 members (excludes halogenated alkanes) is 6. The molecule has 4 nitrogen and oxygen atoms in total. The van der Waals surface area contributed by atoms with E-state index < -0.39 is 0 Å². The van der Waals surface area contributed by atoms with Gasteiger partial charge in [-0.15, -0.1) is 0 Å². The molecule has 1 unspecified atom stereocenters. The molecule has 0 heterocycles. The van der Waals surface area contributed by atoms with Gasteiger partial charge in [-0.1, -0.05) is 65.2 Å². The lowest BCUT2D eigenvalue weighted by atomic mass is 10.1. The summed E-state index contributed by atoms with van der Waals surface area (Å²) in [7, 11) is 0. The Labute approximate surface area is 120 Å². The van der Waals surface area contributed by atoms with Crippen LogP contribution in [0, 0.1) is 0 Å². The van der Waals surface area contributed by atoms with Crippen molar-refractivity contribution in [3.8, 4) is 0 Å². The van der Waals surface area contributed by atoms with E-state index in [1.54, 1.807) is 0 Å². The molecular weight excluding hydrogens is 236 g/mol. The topological polar surface area (TPSA) is 104 Å². The van der Waals surface area contributed by atoms with Crippen LogP contribution in [0.2, 0.25) is 0 Å². The van der Waals surface area contributed by atoms with Crippen molar-refractivity contribution in [2.75, 3.05) is 6.54 Å². The Balaban J connectivity index is 0. The Kier molecular flexibility index (Phi) is 19.9. The van der Waals surface area contributed by atoms with Crippen LogP contribution in [0.15, 0.2) is 0 Å². The maximum atomic E-state index is 5.59. The van der Waals surface area contributed by atoms with E-state index in [9.17, 15) is 0 Å². The quantitative estimate of drug-likeness (QED) is 0.343. The molecule has 0 aromatic rings. The van der Waals surface area contributed by atoms with Gasteiger partial charge in [-0.05, 0) is 12.8 Å². The SMILES string of the molecule is CCCCCC(N)CN.CCCCCCCC(N)N. The van der Waals surface area contributed by atoms with Gasteiger partial charge in [-0.3, -0.25) is 0 Å². The van der Waals surface area contributed by atoms with Crippen LogP contribution in [0.3, 0.4) is 0 Å². The lowest BCUT2D eigenvalue weighted by molar-refractivity contribution is 0.551. The minimum Gasteiger partial charge on any atom is -0.329 e. The summed E-state index contributed by atoms with van der Waals surface area (Å²) < 4.78 is 0. The molecule has 0 fully saturated rings. The van der Waals surface area contributed by atoms with E-state index in [4.69, 9.17) is 22.9 Å². The third kappa shape index (κ3) is 23.4. The van der Waals surface area contributed by atoms with Crippen LogP contribution >= 0.6 is 0 Å². The van der Waals surface area contributed by atoms with Gasteiger partial charge in [0.1, 0.15) is 0 Å². The van der Waals surface area contributed by atoms with Crippen LogP contribution in [0.25, 0.3) is 0 Å². The Morgan fingerprint density at radius 1 is 0.684 bits per heavy atom. The van der Waals surface area contributed by atoms with E-state index in [2.05, 4.69) is 13.8 Å². The molecule has 118 valence electrons. The van der Waals surface area contributed by atoms with Gasteiger partial charge in [-0.25, -0.2) is 0 Å². The number of nitrogens with two attached hydrogens (primary N) is 4. The first-order valence-electron chi connectivity index (χ1n) is 8.05. The van der Waals surface area contributed by atoms with Crippen molar-refractivity contribution in [3.63, 3.8) is 0 Å². The highest BCUT2D eigenvalue weighted by molar-refractivity contribution is 4.60. The van der Waals surface area contributed by atoms with E-state index in [0.717, 1.165) is 12.8 Å². The van der Waals surface area contributed by atoms with Crippen LogP contribution in [0.1, 0.15) is 78.1 Å². The second kappa shape index (κ2) is 17.8. The second-order valence-corrected chi connectivity index (χ2v) is 5.36. The minimum atomic E-state index is -0.0957. The van der Waals surface area contributed by atoms with Crippen molar-refractivity contribution < 1.29 is 0 Å². The molecule has 0 aliphatic heterocycles. The van der Waals surface area contributed by atoms with Gasteiger partial charge in [0.05, 0.1) is 6.17 Å². The number of rotatable bonds is 11. The first kappa shape index (κ1) is 21.1. The molecule has 0 radical (unpaired) electrons. The monoisotopic (exact) mass is 274 g/mol. The predicted octanol–water partition coefficient (Wildman–Crippen LogP) is 2.44. The molecule has 0 saturated carbocycles. The average molecular weight is 274 g/mol. The van der Waals surface area contributed by atoms with Gasteiger partial charge in [0.25, 0.3) is 0 Å². The molecule has 0 spiro atoms. The van der Waals surface area contributed by atoms with Crippen LogP contribution in [-0.4, -0.2) is 18.8 Å². The summed E-state index contributed by atoms with van der Waals surface area (Å²) in [5.41, 5.74) is 21.7. The maximum Gasteiger partial charge on any atom is 0.0520 e. The van der Waals surface area contributed by atoms with Crippen molar-refractivity contribution in [2.45, 2.75) is 90.3 Å². The second-order valence-electron chi connectivity index (χ2n) is 5.36. The van der Waals surface area contributed by atoms with E-state index in [1.165, 1.54) is 51.4 Å². The molecule has 0 bridgehead atoms. The van der Waals surface area contributed by atoms with Gasteiger partial charge >= 0.3 is 0 Å². The summed E-state index contributed by atoms with van der Waals surface area (Å²) in [5.74, 6) is 0. The number of hydrogen-bond donors (Lipinski definition) is 4. The van der Waals surface area contributed by atoms with Crippen LogP contribution in [0.4, 0.5) is 0 Å². The first-order chi connectivity index (χ1) is 9.08. The third-order valence-electron chi connectivity index (χ3n) is 3.12. The Morgan fingerprint density at radius 3 is 1.63 bits per heavy atom. The van der Waals surface area contributed by atoms with Gasteiger partial charge in [0, 0.05) is 12.6 Å². The molecular formula is C15H38N4. The fourth-order valence-corrected chi connectivity index (χ4v) is 1.76. The van der Waals surface area contributed by atoms with Crippen molar-refractivity contribution in [2.24, 2.45) is 22.9 Å². The maximum absolute atomic E-state index is 5.59. The Bertz CT molecular complexity index is 151. The molecule has 0 aromatic carbocycles. The van der Waals surface area contributed by atoms with Crippen molar-refractivity contribution >= 4 is 0 Å². The lowest BCUT2D eigenvalue weighted by Gasteiger charge is -2.05. The molecule has 0 aliphatic carbocycles. The Morgan fingerprint density at radius 2 is 1.16 bits per heavy atom. The molecule has 0 rings (SSSR count). The zero-order valence-electron chi connectivity index (χ0n) is 13.2. The molecule has 0 amide bonds. The molecule has 0 aliphatic rings. The van der Waals surface area contributed by atoms with E-state index in [1.807, 2.05) is 0 Å². The van der Waals surface area contributed by atoms with Crippen molar-refractivity contribution in [3.05, 3.63) is 0 Å². The summed E-state index contributed by atoms with van der Waals surface area (Å²) in [5, 5.41) is 0. The average Bonchev–Trinajstić information content (AvgIpc) is 2.39. The van der Waals surface area contributed by atoms with Gasteiger partial charge < -0.3 is 22.9 Å².